The van der Waals surface area contributed by atoms with Gasteiger partial charge in [-0.15, -0.1) is 5.10 Å². The molecular weight excluding hydrogens is 557 g/mol. The van der Waals surface area contributed by atoms with Crippen LogP contribution in [0.3, 0.4) is 0 Å². The maximum absolute atomic E-state index is 14.4. The van der Waals surface area contributed by atoms with Crippen LogP contribution in [0.25, 0.3) is 0 Å². The SMILES string of the molecule is CCN1\C(=C/C=N/N=C(\O)c2ccccc2)C(C)(Cc2ccc(C(F)(F)F)c(F)c2)c2cc(OC)ccc21.[Co]. The Bertz CT molecular complexity index is 1410. The molecule has 3 aromatic carbocycles. The first-order valence-electron chi connectivity index (χ1n) is 12.0. The number of nitrogens with zero attached hydrogens (tertiary/aromatic N) is 3. The van der Waals surface area contributed by atoms with Gasteiger partial charge in [0.25, 0.3) is 0 Å². The molecule has 0 amide bonds. The standard InChI is InChI=1S/C29H27F4N3O2.Co/c1-4-36-25-13-11-21(38-3)17-23(25)28(2,18-19-10-12-22(24(30)16-19)29(31,32)33)26(36)14-15-34-35-27(37)20-8-6-5-7-9-20;/h5-17H,4,18H2,1-3H3,(H,35,37);/b26-14-,34-15+;. The predicted molar refractivity (Wildman–Crippen MR) is 141 cm³/mol. The number of rotatable bonds is 7. The number of likely N-dealkylation sites (N-methyl/N-ethyl adjacent to an activating group) is 1. The summed E-state index contributed by atoms with van der Waals surface area (Å²) in [4.78, 5) is 2.06. The quantitative estimate of drug-likeness (QED) is 0.140. The average Bonchev–Trinajstić information content (AvgIpc) is 3.12. The molecule has 39 heavy (non-hydrogen) atoms. The first kappa shape index (κ1) is 29.9. The molecule has 1 radical (unpaired) electrons. The molecule has 4 rings (SSSR count). The van der Waals surface area contributed by atoms with Gasteiger partial charge < -0.3 is 14.7 Å². The number of methoxy groups -OCH3 is 1. The molecule has 5 nitrogen and oxygen atoms in total. The van der Waals surface area contributed by atoms with Crippen LogP contribution in [0.4, 0.5) is 23.2 Å². The monoisotopic (exact) mass is 584 g/mol. The second-order valence-corrected chi connectivity index (χ2v) is 9.05. The summed E-state index contributed by atoms with van der Waals surface area (Å²) in [7, 11) is 1.55. The van der Waals surface area contributed by atoms with Crippen molar-refractivity contribution in [1.29, 1.82) is 0 Å². The van der Waals surface area contributed by atoms with Gasteiger partial charge in [0, 0.05) is 45.7 Å². The van der Waals surface area contributed by atoms with Crippen molar-refractivity contribution in [3.63, 3.8) is 0 Å². The smallest absolute Gasteiger partial charge is 0.419 e. The van der Waals surface area contributed by atoms with Crippen molar-refractivity contribution in [2.75, 3.05) is 18.6 Å². The molecule has 0 aliphatic carbocycles. The van der Waals surface area contributed by atoms with Crippen LogP contribution in [-0.2, 0) is 34.8 Å². The summed E-state index contributed by atoms with van der Waals surface area (Å²) in [5, 5.41) is 18.1. The van der Waals surface area contributed by atoms with Crippen LogP contribution in [-0.4, -0.2) is 30.9 Å². The van der Waals surface area contributed by atoms with E-state index in [1.165, 1.54) is 12.3 Å². The van der Waals surface area contributed by atoms with Gasteiger partial charge in [0.2, 0.25) is 5.90 Å². The van der Waals surface area contributed by atoms with E-state index in [4.69, 9.17) is 4.74 Å². The Morgan fingerprint density at radius 3 is 2.41 bits per heavy atom. The molecule has 0 spiro atoms. The maximum atomic E-state index is 14.4. The van der Waals surface area contributed by atoms with Crippen LogP contribution < -0.4 is 9.64 Å². The van der Waals surface area contributed by atoms with E-state index in [9.17, 15) is 22.7 Å². The van der Waals surface area contributed by atoms with Crippen LogP contribution in [0.2, 0.25) is 0 Å². The van der Waals surface area contributed by atoms with Gasteiger partial charge in [0.1, 0.15) is 11.6 Å². The van der Waals surface area contributed by atoms with Crippen molar-refractivity contribution in [1.82, 2.24) is 0 Å². The first-order valence-corrected chi connectivity index (χ1v) is 12.0. The predicted octanol–water partition coefficient (Wildman–Crippen LogP) is 7.07. The second kappa shape index (κ2) is 12.0. The number of benzene rings is 3. The molecule has 0 saturated heterocycles. The number of allylic oxidation sites excluding steroid dienone is 2. The van der Waals surface area contributed by atoms with E-state index < -0.39 is 23.0 Å². The summed E-state index contributed by atoms with van der Waals surface area (Å²) in [6.07, 6.45) is -1.35. The summed E-state index contributed by atoms with van der Waals surface area (Å²) in [6.45, 7) is 4.51. The normalized spacial score (nSPS) is 18.4. The number of fused-ring (bicyclic) bond motifs is 1. The molecule has 0 aromatic heterocycles. The summed E-state index contributed by atoms with van der Waals surface area (Å²) >= 11 is 0. The van der Waals surface area contributed by atoms with Crippen LogP contribution >= 0.6 is 0 Å². The zero-order chi connectivity index (χ0) is 27.5. The zero-order valence-corrected chi connectivity index (χ0v) is 22.5. The topological polar surface area (TPSA) is 57.4 Å². The maximum Gasteiger partial charge on any atom is 0.419 e. The summed E-state index contributed by atoms with van der Waals surface area (Å²) in [5.74, 6) is -0.931. The number of aliphatic hydroxyl groups excluding tert-OH is 1. The van der Waals surface area contributed by atoms with E-state index in [-0.39, 0.29) is 29.1 Å². The number of ether oxygens (including phenoxy) is 1. The van der Waals surface area contributed by atoms with Gasteiger partial charge in [-0.1, -0.05) is 24.3 Å². The zero-order valence-electron chi connectivity index (χ0n) is 21.5. The molecule has 207 valence electrons. The van der Waals surface area contributed by atoms with E-state index in [1.54, 1.807) is 37.5 Å². The van der Waals surface area contributed by atoms with Gasteiger partial charge in [-0.2, -0.15) is 18.3 Å². The Morgan fingerprint density at radius 1 is 1.08 bits per heavy atom. The summed E-state index contributed by atoms with van der Waals surface area (Å²) in [5.41, 5.74) is 1.45. The fourth-order valence-corrected chi connectivity index (χ4v) is 4.83. The Kier molecular flexibility index (Phi) is 9.24. The number of alkyl halides is 3. The molecule has 10 heteroatoms. The number of anilines is 1. The minimum absolute atomic E-state index is 0. The molecule has 3 aromatic rings. The Balaban J connectivity index is 0.00000420. The van der Waals surface area contributed by atoms with Crippen LogP contribution in [0.5, 0.6) is 5.75 Å². The average molecular weight is 584 g/mol. The van der Waals surface area contributed by atoms with Crippen molar-refractivity contribution in [2.24, 2.45) is 10.2 Å². The molecular formula is C29H27CoF4N3O2. The molecule has 1 N–H and O–H groups in total. The van der Waals surface area contributed by atoms with E-state index in [0.29, 0.717) is 23.4 Å². The summed E-state index contributed by atoms with van der Waals surface area (Å²) in [6, 6.07) is 17.4. The van der Waals surface area contributed by atoms with Gasteiger partial charge >= 0.3 is 6.18 Å². The largest absolute Gasteiger partial charge is 0.497 e. The number of aliphatic hydroxyl groups is 1. The number of hydrogen-bond donors (Lipinski definition) is 1. The first-order chi connectivity index (χ1) is 18.1. The van der Waals surface area contributed by atoms with E-state index in [0.717, 1.165) is 29.1 Å². The van der Waals surface area contributed by atoms with Gasteiger partial charge in [-0.3, -0.25) is 0 Å². The molecule has 1 atom stereocenters. The fourth-order valence-electron chi connectivity index (χ4n) is 4.83. The van der Waals surface area contributed by atoms with Gasteiger partial charge in [-0.05, 0) is 79.9 Å². The Morgan fingerprint density at radius 2 is 1.79 bits per heavy atom. The molecule has 1 aliphatic rings. The van der Waals surface area contributed by atoms with E-state index >= 15 is 0 Å². The number of hydrogen-bond acceptors (Lipinski definition) is 4. The van der Waals surface area contributed by atoms with Gasteiger partial charge in [-0.25, -0.2) is 4.39 Å². The Labute approximate surface area is 234 Å². The molecule has 1 aliphatic heterocycles. The van der Waals surface area contributed by atoms with Gasteiger partial charge in [0.05, 0.1) is 18.9 Å². The minimum atomic E-state index is -4.77. The van der Waals surface area contributed by atoms with Crippen molar-refractivity contribution in [3.8, 4) is 5.75 Å². The summed E-state index contributed by atoms with van der Waals surface area (Å²) < 4.78 is 59.2. The van der Waals surface area contributed by atoms with Crippen LogP contribution in [0, 0.1) is 5.82 Å². The van der Waals surface area contributed by atoms with Crippen LogP contribution in [0.1, 0.15) is 36.1 Å². The molecule has 0 bridgehead atoms. The fraction of sp³-hybridized carbons (Fsp3) is 0.241. The molecule has 1 unspecified atom stereocenters. The van der Waals surface area contributed by atoms with Gasteiger partial charge in [0.15, 0.2) is 0 Å². The van der Waals surface area contributed by atoms with E-state index in [2.05, 4.69) is 15.1 Å². The minimum Gasteiger partial charge on any atom is -0.497 e. The second-order valence-electron chi connectivity index (χ2n) is 9.05. The molecule has 0 fully saturated rings. The third-order valence-electron chi connectivity index (χ3n) is 6.64. The van der Waals surface area contributed by atoms with Crippen LogP contribution in [0.15, 0.2) is 88.7 Å². The van der Waals surface area contributed by atoms with E-state index in [1.807, 2.05) is 38.1 Å². The van der Waals surface area contributed by atoms with Crippen molar-refractivity contribution >= 4 is 17.8 Å². The number of halogens is 4. The van der Waals surface area contributed by atoms with Crippen molar-refractivity contribution < 1.29 is 44.2 Å². The van der Waals surface area contributed by atoms with Crippen molar-refractivity contribution in [3.05, 3.63) is 107 Å². The third-order valence-corrected chi connectivity index (χ3v) is 6.64. The third kappa shape index (κ3) is 6.17. The molecule has 0 saturated carbocycles. The Hall–Kier alpha value is -3.63. The van der Waals surface area contributed by atoms with Crippen molar-refractivity contribution in [2.45, 2.75) is 31.9 Å². The molecule has 1 heterocycles.